The van der Waals surface area contributed by atoms with E-state index in [0.29, 0.717) is 5.95 Å². The number of nitrogens with one attached hydrogen (secondary N) is 1. The Kier molecular flexibility index (Phi) is 3.14. The molecule has 0 spiro atoms. The van der Waals surface area contributed by atoms with Gasteiger partial charge in [-0.3, -0.25) is 0 Å². The lowest BCUT2D eigenvalue weighted by atomic mass is 10.4. The molecule has 3 aromatic rings. The van der Waals surface area contributed by atoms with Gasteiger partial charge in [-0.1, -0.05) is 0 Å². The van der Waals surface area contributed by atoms with Crippen LogP contribution in [0.15, 0.2) is 20.8 Å². The molecule has 92 valence electrons. The van der Waals surface area contributed by atoms with Crippen LogP contribution in [0.4, 0.5) is 5.95 Å². The molecular weight excluding hydrogens is 286 g/mol. The summed E-state index contributed by atoms with van der Waals surface area (Å²) in [5.41, 5.74) is 0. The fourth-order valence-corrected chi connectivity index (χ4v) is 3.92. The molecule has 0 amide bonds. The Bertz CT molecular complexity index is 690. The van der Waals surface area contributed by atoms with Crippen LogP contribution in [0.2, 0.25) is 0 Å². The van der Waals surface area contributed by atoms with Crippen LogP contribution in [0.1, 0.15) is 5.82 Å². The van der Waals surface area contributed by atoms with Crippen LogP contribution in [0.3, 0.4) is 0 Å². The highest BCUT2D eigenvalue weighted by Gasteiger charge is 2.12. The van der Waals surface area contributed by atoms with Crippen molar-refractivity contribution in [2.45, 2.75) is 16.3 Å². The molecule has 0 bridgehead atoms. The van der Waals surface area contributed by atoms with Crippen LogP contribution >= 0.6 is 34.6 Å². The van der Waals surface area contributed by atoms with Crippen molar-refractivity contribution in [2.24, 2.45) is 0 Å². The first-order valence-electron chi connectivity index (χ1n) is 5.17. The van der Waals surface area contributed by atoms with Crippen molar-refractivity contribution in [2.75, 3.05) is 12.4 Å². The van der Waals surface area contributed by atoms with Gasteiger partial charge in [-0.15, -0.1) is 11.3 Å². The van der Waals surface area contributed by atoms with E-state index in [1.54, 1.807) is 11.3 Å². The molecule has 1 N–H and O–H groups in total. The summed E-state index contributed by atoms with van der Waals surface area (Å²) in [5.74, 6) is 1.43. The predicted octanol–water partition coefficient (Wildman–Crippen LogP) is 3.04. The number of fused-ring (bicyclic) bond motifs is 1. The average molecular weight is 295 g/mol. The molecule has 18 heavy (non-hydrogen) atoms. The molecule has 0 atom stereocenters. The maximum atomic E-state index is 4.48. The summed E-state index contributed by atoms with van der Waals surface area (Å²) in [6.07, 6.45) is 0. The summed E-state index contributed by atoms with van der Waals surface area (Å²) < 4.78 is 5.08. The maximum absolute atomic E-state index is 4.48. The molecule has 3 heterocycles. The lowest BCUT2D eigenvalue weighted by Crippen LogP contribution is -1.96. The van der Waals surface area contributed by atoms with Crippen LogP contribution < -0.4 is 5.32 Å². The largest absolute Gasteiger partial charge is 0.357 e. The van der Waals surface area contributed by atoms with E-state index in [1.807, 2.05) is 25.4 Å². The molecule has 0 aliphatic heterocycles. The smallest absolute Gasteiger partial charge is 0.224 e. The van der Waals surface area contributed by atoms with Crippen molar-refractivity contribution in [3.8, 4) is 0 Å². The molecular formula is C10H9N5S3. The Morgan fingerprint density at radius 3 is 2.89 bits per heavy atom. The molecule has 5 nitrogen and oxygen atoms in total. The topological polar surface area (TPSA) is 63.6 Å². The Morgan fingerprint density at radius 2 is 2.17 bits per heavy atom. The van der Waals surface area contributed by atoms with Gasteiger partial charge in [-0.25, -0.2) is 15.0 Å². The van der Waals surface area contributed by atoms with E-state index in [1.165, 1.54) is 23.3 Å². The van der Waals surface area contributed by atoms with E-state index < -0.39 is 0 Å². The van der Waals surface area contributed by atoms with E-state index in [2.05, 4.69) is 24.6 Å². The van der Waals surface area contributed by atoms with Gasteiger partial charge in [0.1, 0.15) is 15.7 Å². The normalized spacial score (nSPS) is 11.0. The highest BCUT2D eigenvalue weighted by Crippen LogP contribution is 2.34. The van der Waals surface area contributed by atoms with Crippen molar-refractivity contribution >= 4 is 50.8 Å². The molecule has 0 aliphatic carbocycles. The zero-order valence-electron chi connectivity index (χ0n) is 9.67. The summed E-state index contributed by atoms with van der Waals surface area (Å²) >= 11 is 4.54. The highest BCUT2D eigenvalue weighted by molar-refractivity contribution is 8.01. The molecule has 3 rings (SSSR count). The summed E-state index contributed by atoms with van der Waals surface area (Å²) in [7, 11) is 1.82. The lowest BCUT2D eigenvalue weighted by Gasteiger charge is -2.02. The van der Waals surface area contributed by atoms with Crippen molar-refractivity contribution in [1.29, 1.82) is 0 Å². The van der Waals surface area contributed by atoms with Gasteiger partial charge in [0.15, 0.2) is 4.34 Å². The number of hydrogen-bond acceptors (Lipinski definition) is 8. The second-order valence-electron chi connectivity index (χ2n) is 3.45. The number of thiophene rings is 1. The molecule has 0 aromatic carbocycles. The van der Waals surface area contributed by atoms with E-state index in [4.69, 9.17) is 0 Å². The van der Waals surface area contributed by atoms with Crippen LogP contribution in [-0.4, -0.2) is 26.4 Å². The standard InChI is InChI=1S/C10H9N5S3/c1-5-12-10(18-15-5)17-8-6-3-4-16-7(6)13-9(11-2)14-8/h3-4H,1-2H3,(H,11,13,14). The minimum atomic E-state index is 0.633. The summed E-state index contributed by atoms with van der Waals surface area (Å²) in [6, 6.07) is 2.04. The van der Waals surface area contributed by atoms with E-state index in [-0.39, 0.29) is 0 Å². The SMILES string of the molecule is CNc1nc(Sc2nc(C)ns2)c2ccsc2n1. The molecule has 3 aromatic heterocycles. The number of aromatic nitrogens is 4. The highest BCUT2D eigenvalue weighted by atomic mass is 32.2. The van der Waals surface area contributed by atoms with E-state index in [9.17, 15) is 0 Å². The van der Waals surface area contributed by atoms with Gasteiger partial charge in [-0.2, -0.15) is 4.37 Å². The average Bonchev–Trinajstić information content (AvgIpc) is 2.98. The van der Waals surface area contributed by atoms with Crippen LogP contribution in [0.5, 0.6) is 0 Å². The first kappa shape index (κ1) is 11.8. The fourth-order valence-electron chi connectivity index (χ4n) is 1.42. The van der Waals surface area contributed by atoms with Crippen molar-refractivity contribution < 1.29 is 0 Å². The van der Waals surface area contributed by atoms with Gasteiger partial charge in [0.05, 0.1) is 0 Å². The van der Waals surface area contributed by atoms with Crippen LogP contribution in [0.25, 0.3) is 10.2 Å². The van der Waals surface area contributed by atoms with Crippen molar-refractivity contribution in [3.05, 3.63) is 17.3 Å². The van der Waals surface area contributed by atoms with Crippen molar-refractivity contribution in [3.63, 3.8) is 0 Å². The minimum Gasteiger partial charge on any atom is -0.357 e. The maximum Gasteiger partial charge on any atom is 0.224 e. The molecule has 0 radical (unpaired) electrons. The second kappa shape index (κ2) is 4.79. The Labute approximate surface area is 116 Å². The zero-order chi connectivity index (χ0) is 12.5. The predicted molar refractivity (Wildman–Crippen MR) is 75.7 cm³/mol. The number of nitrogens with zero attached hydrogens (tertiary/aromatic N) is 4. The molecule has 8 heteroatoms. The van der Waals surface area contributed by atoms with E-state index in [0.717, 1.165) is 25.4 Å². The number of anilines is 1. The Balaban J connectivity index is 2.06. The zero-order valence-corrected chi connectivity index (χ0v) is 12.1. The molecule has 0 aliphatic rings. The minimum absolute atomic E-state index is 0.633. The summed E-state index contributed by atoms with van der Waals surface area (Å²) in [6.45, 7) is 1.89. The third-order valence-electron chi connectivity index (χ3n) is 2.21. The monoisotopic (exact) mass is 295 g/mol. The van der Waals surface area contributed by atoms with Crippen LogP contribution in [-0.2, 0) is 0 Å². The third-order valence-corrected chi connectivity index (χ3v) is 4.86. The van der Waals surface area contributed by atoms with Crippen molar-refractivity contribution in [1.82, 2.24) is 19.3 Å². The molecule has 0 fully saturated rings. The molecule has 0 saturated heterocycles. The lowest BCUT2D eigenvalue weighted by molar-refractivity contribution is 1.08. The number of aryl methyl sites for hydroxylation is 1. The Hall–Kier alpha value is -1.25. The van der Waals surface area contributed by atoms with Gasteiger partial charge in [0.25, 0.3) is 0 Å². The van der Waals surface area contributed by atoms with Gasteiger partial charge < -0.3 is 5.32 Å². The number of rotatable bonds is 3. The third kappa shape index (κ3) is 2.18. The molecule has 0 unspecified atom stereocenters. The second-order valence-corrected chi connectivity index (χ2v) is 6.33. The van der Waals surface area contributed by atoms with E-state index >= 15 is 0 Å². The quantitative estimate of drug-likeness (QED) is 0.749. The Morgan fingerprint density at radius 1 is 1.28 bits per heavy atom. The summed E-state index contributed by atoms with van der Waals surface area (Å²) in [4.78, 5) is 14.2. The first-order chi connectivity index (χ1) is 8.76. The van der Waals surface area contributed by atoms with Gasteiger partial charge >= 0.3 is 0 Å². The van der Waals surface area contributed by atoms with Gasteiger partial charge in [0.2, 0.25) is 5.95 Å². The molecule has 0 saturated carbocycles. The number of hydrogen-bond donors (Lipinski definition) is 1. The first-order valence-corrected chi connectivity index (χ1v) is 7.64. The van der Waals surface area contributed by atoms with Gasteiger partial charge in [-0.05, 0) is 41.7 Å². The fraction of sp³-hybridized carbons (Fsp3) is 0.200. The van der Waals surface area contributed by atoms with Gasteiger partial charge in [0, 0.05) is 12.4 Å². The summed E-state index contributed by atoms with van der Waals surface area (Å²) in [5, 5.41) is 6.99. The van der Waals surface area contributed by atoms with Crippen LogP contribution in [0, 0.1) is 6.92 Å².